The van der Waals surface area contributed by atoms with E-state index in [1.807, 2.05) is 18.7 Å². The average Bonchev–Trinajstić information content (AvgIpc) is 2.90. The van der Waals surface area contributed by atoms with Gasteiger partial charge in [-0.1, -0.05) is 31.5 Å². The Hall–Kier alpha value is -3.63. The molecule has 1 amide bonds. The first-order chi connectivity index (χ1) is 20.7. The third kappa shape index (κ3) is 7.90. The van der Waals surface area contributed by atoms with Gasteiger partial charge in [-0.25, -0.2) is 13.2 Å². The highest BCUT2D eigenvalue weighted by Gasteiger charge is 2.30. The smallest absolute Gasteiger partial charge is 0.305 e. The molecule has 0 aliphatic carbocycles. The van der Waals surface area contributed by atoms with Gasteiger partial charge in [-0.3, -0.25) is 19.3 Å². The van der Waals surface area contributed by atoms with Crippen LogP contribution >= 0.6 is 11.6 Å². The summed E-state index contributed by atoms with van der Waals surface area (Å²) in [5.74, 6) is -3.28. The lowest BCUT2D eigenvalue weighted by Crippen LogP contribution is -2.49. The molecule has 2 N–H and O–H groups in total. The monoisotopic (exact) mass is 631 g/mol. The number of nitrogens with one attached hydrogen (secondary N) is 1. The van der Waals surface area contributed by atoms with Crippen LogP contribution in [0, 0.1) is 31.4 Å². The van der Waals surface area contributed by atoms with Crippen LogP contribution in [-0.4, -0.2) is 52.3 Å². The van der Waals surface area contributed by atoms with Crippen LogP contribution in [0.5, 0.6) is 0 Å². The summed E-state index contributed by atoms with van der Waals surface area (Å²) in [5.41, 5.74) is 2.42. The quantitative estimate of drug-likeness (QED) is 0.249. The Morgan fingerprint density at radius 3 is 2.34 bits per heavy atom. The highest BCUT2D eigenvalue weighted by molar-refractivity contribution is 6.31. The molecule has 2 atom stereocenters. The summed E-state index contributed by atoms with van der Waals surface area (Å²) in [7, 11) is 0. The second kappa shape index (κ2) is 14.0. The van der Waals surface area contributed by atoms with Gasteiger partial charge in [0, 0.05) is 37.5 Å². The van der Waals surface area contributed by atoms with Crippen LogP contribution in [-0.2, 0) is 16.0 Å². The Labute approximate surface area is 259 Å². The number of rotatable bonds is 12. The Balaban J connectivity index is 1.69. The zero-order valence-electron chi connectivity index (χ0n) is 25.2. The summed E-state index contributed by atoms with van der Waals surface area (Å²) < 4.78 is 44.1. The first-order valence-corrected chi connectivity index (χ1v) is 15.0. The molecule has 0 spiro atoms. The summed E-state index contributed by atoms with van der Waals surface area (Å²) in [4.78, 5) is 40.7. The van der Waals surface area contributed by atoms with Crippen molar-refractivity contribution >= 4 is 23.5 Å². The summed E-state index contributed by atoms with van der Waals surface area (Å²) in [6.45, 7) is 8.50. The van der Waals surface area contributed by atoms with E-state index in [0.717, 1.165) is 5.56 Å². The van der Waals surface area contributed by atoms with Crippen LogP contribution < -0.4 is 10.9 Å². The summed E-state index contributed by atoms with van der Waals surface area (Å²) in [6.07, 6.45) is 0.918. The maximum Gasteiger partial charge on any atom is 0.305 e. The number of halogens is 4. The lowest BCUT2D eigenvalue weighted by molar-refractivity contribution is -0.138. The summed E-state index contributed by atoms with van der Waals surface area (Å²) in [5, 5.41) is 12.1. The van der Waals surface area contributed by atoms with Crippen molar-refractivity contribution in [2.75, 3.05) is 19.6 Å². The van der Waals surface area contributed by atoms with Gasteiger partial charge in [0.1, 0.15) is 23.8 Å². The third-order valence-electron chi connectivity index (χ3n) is 7.87. The number of aryl methyl sites for hydroxylation is 2. The van der Waals surface area contributed by atoms with Crippen molar-refractivity contribution in [3.63, 3.8) is 0 Å². The number of carboxylic acid groups (broad SMARTS) is 1. The minimum absolute atomic E-state index is 0.0271. The van der Waals surface area contributed by atoms with Crippen molar-refractivity contribution in [3.8, 4) is 11.1 Å². The number of likely N-dealkylation sites (tertiary alicyclic amines) is 1. The summed E-state index contributed by atoms with van der Waals surface area (Å²) in [6, 6.07) is 6.17. The molecule has 1 aromatic heterocycles. The molecule has 2 unspecified atom stereocenters. The van der Waals surface area contributed by atoms with Gasteiger partial charge in [-0.2, -0.15) is 0 Å². The van der Waals surface area contributed by atoms with E-state index in [1.54, 1.807) is 26.1 Å². The minimum Gasteiger partial charge on any atom is -0.481 e. The number of nitrogens with zero attached hydrogens (tertiary/aromatic N) is 2. The van der Waals surface area contributed by atoms with Crippen molar-refractivity contribution in [1.29, 1.82) is 0 Å². The molecule has 0 radical (unpaired) electrons. The predicted molar refractivity (Wildman–Crippen MR) is 164 cm³/mol. The lowest BCUT2D eigenvalue weighted by Gasteiger charge is -2.34. The maximum atomic E-state index is 15.6. The molecule has 3 aromatic rings. The minimum atomic E-state index is -1.33. The van der Waals surface area contributed by atoms with Crippen LogP contribution in [0.2, 0.25) is 5.02 Å². The average molecular weight is 632 g/mol. The fourth-order valence-corrected chi connectivity index (χ4v) is 5.99. The van der Waals surface area contributed by atoms with Gasteiger partial charge in [-0.15, -0.1) is 0 Å². The van der Waals surface area contributed by atoms with Crippen molar-refractivity contribution in [2.24, 2.45) is 5.92 Å². The number of aromatic nitrogens is 1. The number of alkyl halides is 1. The van der Waals surface area contributed by atoms with E-state index in [0.29, 0.717) is 48.3 Å². The topological polar surface area (TPSA) is 91.6 Å². The first-order valence-electron chi connectivity index (χ1n) is 14.6. The normalized spacial score (nSPS) is 15.2. The van der Waals surface area contributed by atoms with E-state index in [1.165, 1.54) is 34.9 Å². The van der Waals surface area contributed by atoms with E-state index in [2.05, 4.69) is 5.32 Å². The van der Waals surface area contributed by atoms with Gasteiger partial charge >= 0.3 is 5.97 Å². The molecule has 0 bridgehead atoms. The predicted octanol–water partition coefficient (Wildman–Crippen LogP) is 6.18. The number of amides is 1. The zero-order chi connectivity index (χ0) is 32.3. The third-order valence-corrected chi connectivity index (χ3v) is 8.15. The van der Waals surface area contributed by atoms with Crippen molar-refractivity contribution in [1.82, 2.24) is 14.8 Å². The lowest BCUT2D eigenvalue weighted by atomic mass is 9.92. The van der Waals surface area contributed by atoms with E-state index >= 15 is 4.39 Å². The van der Waals surface area contributed by atoms with Crippen LogP contribution in [0.25, 0.3) is 11.1 Å². The Bertz CT molecular complexity index is 1580. The SMILES string of the molecule is Cc1cc(F)cc(C)c1-c1cc(Cl)c(F)c(C(CC(=O)O)NC(=O)C(CC(C)C)n2cc(CCN3CC(F)C3)ccc2=O)c1. The van der Waals surface area contributed by atoms with E-state index < -0.39 is 53.7 Å². The van der Waals surface area contributed by atoms with Gasteiger partial charge in [0.15, 0.2) is 0 Å². The van der Waals surface area contributed by atoms with Gasteiger partial charge in [0.05, 0.1) is 17.5 Å². The van der Waals surface area contributed by atoms with Crippen molar-refractivity contribution in [3.05, 3.63) is 91.9 Å². The number of aliphatic carboxylic acids is 1. The summed E-state index contributed by atoms with van der Waals surface area (Å²) >= 11 is 6.28. The number of hydrogen-bond donors (Lipinski definition) is 2. The molecule has 1 fully saturated rings. The molecule has 1 aliphatic rings. The highest BCUT2D eigenvalue weighted by Crippen LogP contribution is 2.36. The number of carbonyl (C=O) groups is 2. The Morgan fingerprint density at radius 2 is 1.75 bits per heavy atom. The Morgan fingerprint density at radius 1 is 1.09 bits per heavy atom. The number of hydrogen-bond acceptors (Lipinski definition) is 4. The van der Waals surface area contributed by atoms with Gasteiger partial charge in [0.2, 0.25) is 5.91 Å². The maximum absolute atomic E-state index is 15.6. The van der Waals surface area contributed by atoms with E-state index in [9.17, 15) is 28.3 Å². The van der Waals surface area contributed by atoms with Gasteiger partial charge in [0.25, 0.3) is 5.56 Å². The highest BCUT2D eigenvalue weighted by atomic mass is 35.5. The van der Waals surface area contributed by atoms with Gasteiger partial charge in [-0.05, 0) is 84.7 Å². The molecular formula is C33H37ClF3N3O4. The fraction of sp³-hybridized carbons (Fsp3) is 0.424. The molecule has 2 heterocycles. The fourth-order valence-electron chi connectivity index (χ4n) is 5.77. The molecule has 1 saturated heterocycles. The van der Waals surface area contributed by atoms with Crippen LogP contribution in [0.1, 0.15) is 61.0 Å². The molecule has 236 valence electrons. The first kappa shape index (κ1) is 33.3. The van der Waals surface area contributed by atoms with Crippen molar-refractivity contribution < 1.29 is 27.9 Å². The second-order valence-electron chi connectivity index (χ2n) is 12.0. The molecule has 7 nitrogen and oxygen atoms in total. The van der Waals surface area contributed by atoms with Crippen molar-refractivity contribution in [2.45, 2.75) is 65.2 Å². The van der Waals surface area contributed by atoms with Crippen LogP contribution in [0.3, 0.4) is 0 Å². The van der Waals surface area contributed by atoms with Crippen LogP contribution in [0.15, 0.2) is 47.4 Å². The number of carbonyl (C=O) groups excluding carboxylic acids is 1. The molecule has 4 rings (SSSR count). The van der Waals surface area contributed by atoms with Gasteiger partial charge < -0.3 is 15.0 Å². The zero-order valence-corrected chi connectivity index (χ0v) is 25.9. The molecule has 11 heteroatoms. The number of benzene rings is 2. The second-order valence-corrected chi connectivity index (χ2v) is 12.4. The molecule has 1 aliphatic heterocycles. The van der Waals surface area contributed by atoms with Crippen LogP contribution in [0.4, 0.5) is 13.2 Å². The molecule has 2 aromatic carbocycles. The van der Waals surface area contributed by atoms with E-state index in [-0.39, 0.29) is 22.9 Å². The largest absolute Gasteiger partial charge is 0.481 e. The van der Waals surface area contributed by atoms with E-state index in [4.69, 9.17) is 11.6 Å². The molecule has 0 saturated carbocycles. The Kier molecular flexibility index (Phi) is 10.6. The molecule has 44 heavy (non-hydrogen) atoms. The molecular weight excluding hydrogens is 595 g/mol. The number of pyridine rings is 1. The number of carboxylic acids is 1. The standard InChI is InChI=1S/C33H37ClF3N3O4/c1-18(2)9-28(40-15-21(5-6-29(40)41)7-8-39-16-24(36)17-39)33(44)38-27(14-30(42)43)25-12-22(13-26(34)32(25)37)31-19(3)10-23(35)11-20(31)4/h5-6,10-13,15,18,24,27-28H,7-9,14,16-17H2,1-4H3,(H,38,44)(H,42,43).